The summed E-state index contributed by atoms with van der Waals surface area (Å²) in [5.41, 5.74) is 8.84. The molecule has 0 aliphatic carbocycles. The van der Waals surface area contributed by atoms with Gasteiger partial charge in [0, 0.05) is 16.0 Å². The first kappa shape index (κ1) is 15.5. The number of anilines is 1. The standard InChI is InChI=1S/C17H12BrN3OS/c1-22-11-4-2-10(3-5-11)14-8-12(13(9-19)17(20)21-14)15-6-7-16(18)23-15/h2-8H,1H3,(H2,20,21). The number of ether oxygens (including phenoxy) is 1. The van der Waals surface area contributed by atoms with Crippen LogP contribution in [0.2, 0.25) is 0 Å². The molecule has 0 unspecified atom stereocenters. The van der Waals surface area contributed by atoms with E-state index in [9.17, 15) is 5.26 Å². The lowest BCUT2D eigenvalue weighted by Gasteiger charge is -2.09. The van der Waals surface area contributed by atoms with Crippen LogP contribution in [0.4, 0.5) is 5.82 Å². The predicted octanol–water partition coefficient (Wildman–Crippen LogP) is 4.70. The van der Waals surface area contributed by atoms with E-state index in [1.54, 1.807) is 18.4 Å². The van der Waals surface area contributed by atoms with Gasteiger partial charge in [0.25, 0.3) is 0 Å². The van der Waals surface area contributed by atoms with Crippen molar-refractivity contribution in [2.45, 2.75) is 0 Å². The van der Waals surface area contributed by atoms with Crippen LogP contribution in [-0.2, 0) is 0 Å². The van der Waals surface area contributed by atoms with Crippen molar-refractivity contribution in [2.75, 3.05) is 12.8 Å². The summed E-state index contributed by atoms with van der Waals surface area (Å²) in [6, 6.07) is 15.5. The van der Waals surface area contributed by atoms with Gasteiger partial charge in [-0.05, 0) is 58.4 Å². The first-order valence-corrected chi connectivity index (χ1v) is 8.34. The molecule has 2 aromatic heterocycles. The molecule has 4 nitrogen and oxygen atoms in total. The number of pyridine rings is 1. The third-order valence-electron chi connectivity index (χ3n) is 3.38. The summed E-state index contributed by atoms with van der Waals surface area (Å²) in [6.45, 7) is 0. The van der Waals surface area contributed by atoms with Crippen LogP contribution in [0.3, 0.4) is 0 Å². The van der Waals surface area contributed by atoms with Gasteiger partial charge in [-0.1, -0.05) is 0 Å². The lowest BCUT2D eigenvalue weighted by molar-refractivity contribution is 0.415. The van der Waals surface area contributed by atoms with E-state index < -0.39 is 0 Å². The molecule has 6 heteroatoms. The zero-order valence-corrected chi connectivity index (χ0v) is 14.6. The van der Waals surface area contributed by atoms with Crippen molar-refractivity contribution in [3.05, 3.63) is 51.8 Å². The minimum atomic E-state index is 0.236. The molecule has 3 rings (SSSR count). The molecule has 0 bridgehead atoms. The summed E-state index contributed by atoms with van der Waals surface area (Å²) < 4.78 is 6.17. The lowest BCUT2D eigenvalue weighted by atomic mass is 10.0. The number of rotatable bonds is 3. The van der Waals surface area contributed by atoms with Gasteiger partial charge in [0.1, 0.15) is 23.2 Å². The number of halogens is 1. The van der Waals surface area contributed by atoms with Gasteiger partial charge in [-0.3, -0.25) is 0 Å². The molecule has 0 radical (unpaired) electrons. The number of hydrogen-bond acceptors (Lipinski definition) is 5. The number of hydrogen-bond donors (Lipinski definition) is 1. The molecule has 0 spiro atoms. The Balaban J connectivity index is 2.16. The fourth-order valence-corrected chi connectivity index (χ4v) is 3.65. The van der Waals surface area contributed by atoms with Crippen molar-refractivity contribution >= 4 is 33.1 Å². The van der Waals surface area contributed by atoms with E-state index in [2.05, 4.69) is 27.0 Å². The van der Waals surface area contributed by atoms with E-state index in [0.29, 0.717) is 5.56 Å². The number of benzene rings is 1. The molecule has 0 aliphatic heterocycles. The third-order valence-corrected chi connectivity index (χ3v) is 5.04. The monoisotopic (exact) mass is 385 g/mol. The van der Waals surface area contributed by atoms with Gasteiger partial charge in [0.15, 0.2) is 0 Å². The second-order valence-electron chi connectivity index (χ2n) is 4.76. The van der Waals surface area contributed by atoms with Crippen LogP contribution in [0.15, 0.2) is 46.3 Å². The molecule has 2 N–H and O–H groups in total. The van der Waals surface area contributed by atoms with Crippen LogP contribution in [0.1, 0.15) is 5.56 Å². The Morgan fingerprint density at radius 2 is 1.96 bits per heavy atom. The number of thiophene rings is 1. The summed E-state index contributed by atoms with van der Waals surface area (Å²) in [4.78, 5) is 5.34. The molecule has 114 valence electrons. The molecule has 0 atom stereocenters. The zero-order chi connectivity index (χ0) is 16.4. The van der Waals surface area contributed by atoms with E-state index in [1.165, 1.54) is 0 Å². The summed E-state index contributed by atoms with van der Waals surface area (Å²) in [5, 5.41) is 9.40. The van der Waals surface area contributed by atoms with E-state index in [1.807, 2.05) is 42.5 Å². The van der Waals surface area contributed by atoms with Gasteiger partial charge >= 0.3 is 0 Å². The number of methoxy groups -OCH3 is 1. The van der Waals surface area contributed by atoms with Crippen molar-refractivity contribution in [1.82, 2.24) is 4.98 Å². The molecule has 3 aromatic rings. The maximum absolute atomic E-state index is 9.40. The topological polar surface area (TPSA) is 71.9 Å². The largest absolute Gasteiger partial charge is 0.497 e. The molecule has 0 saturated carbocycles. The van der Waals surface area contributed by atoms with Crippen LogP contribution in [0, 0.1) is 11.3 Å². The predicted molar refractivity (Wildman–Crippen MR) is 96.4 cm³/mol. The van der Waals surface area contributed by atoms with Gasteiger partial charge in [-0.15, -0.1) is 11.3 Å². The average molecular weight is 386 g/mol. The van der Waals surface area contributed by atoms with Crippen molar-refractivity contribution in [2.24, 2.45) is 0 Å². The fraction of sp³-hybridized carbons (Fsp3) is 0.0588. The Hall–Kier alpha value is -2.36. The third kappa shape index (κ3) is 3.07. The first-order chi connectivity index (χ1) is 11.1. The first-order valence-electron chi connectivity index (χ1n) is 6.73. The Labute approximate surface area is 146 Å². The van der Waals surface area contributed by atoms with Crippen molar-refractivity contribution in [1.29, 1.82) is 5.26 Å². The summed E-state index contributed by atoms with van der Waals surface area (Å²) >= 11 is 5.00. The van der Waals surface area contributed by atoms with Crippen molar-refractivity contribution in [3.63, 3.8) is 0 Å². The lowest BCUT2D eigenvalue weighted by Crippen LogP contribution is -1.99. The van der Waals surface area contributed by atoms with E-state index in [-0.39, 0.29) is 5.82 Å². The molecular formula is C17H12BrN3OS. The average Bonchev–Trinajstić information content (AvgIpc) is 3.00. The Bertz CT molecular complexity index is 897. The van der Waals surface area contributed by atoms with Gasteiger partial charge < -0.3 is 10.5 Å². The number of nitrogens with zero attached hydrogens (tertiary/aromatic N) is 2. The van der Waals surface area contributed by atoms with E-state index >= 15 is 0 Å². The number of nitrogen functional groups attached to an aromatic ring is 1. The number of aromatic nitrogens is 1. The second kappa shape index (κ2) is 6.41. The Kier molecular flexibility index (Phi) is 4.33. The summed E-state index contributed by atoms with van der Waals surface area (Å²) in [5.74, 6) is 1.01. The molecule has 1 aromatic carbocycles. The van der Waals surface area contributed by atoms with E-state index in [0.717, 1.165) is 31.2 Å². The maximum atomic E-state index is 9.40. The number of nitrogens with two attached hydrogens (primary N) is 1. The zero-order valence-electron chi connectivity index (χ0n) is 12.2. The van der Waals surface area contributed by atoms with Crippen LogP contribution < -0.4 is 10.5 Å². The summed E-state index contributed by atoms with van der Waals surface area (Å²) in [6.07, 6.45) is 0. The molecule has 0 fully saturated rings. The van der Waals surface area contributed by atoms with Gasteiger partial charge in [-0.25, -0.2) is 4.98 Å². The van der Waals surface area contributed by atoms with Gasteiger partial charge in [0.2, 0.25) is 0 Å². The number of nitriles is 1. The highest BCUT2D eigenvalue weighted by Crippen LogP contribution is 2.36. The van der Waals surface area contributed by atoms with E-state index in [4.69, 9.17) is 10.5 Å². The fourth-order valence-electron chi connectivity index (χ4n) is 2.25. The highest BCUT2D eigenvalue weighted by atomic mass is 79.9. The van der Waals surface area contributed by atoms with Crippen LogP contribution >= 0.6 is 27.3 Å². The van der Waals surface area contributed by atoms with Crippen molar-refractivity contribution in [3.8, 4) is 33.5 Å². The molecule has 0 saturated heterocycles. The molecule has 2 heterocycles. The minimum Gasteiger partial charge on any atom is -0.497 e. The second-order valence-corrected chi connectivity index (χ2v) is 7.22. The smallest absolute Gasteiger partial charge is 0.142 e. The van der Waals surface area contributed by atoms with Gasteiger partial charge in [0.05, 0.1) is 16.6 Å². The highest BCUT2D eigenvalue weighted by Gasteiger charge is 2.14. The van der Waals surface area contributed by atoms with Crippen LogP contribution in [0.5, 0.6) is 5.75 Å². The van der Waals surface area contributed by atoms with Crippen LogP contribution in [0.25, 0.3) is 21.7 Å². The summed E-state index contributed by atoms with van der Waals surface area (Å²) in [7, 11) is 1.62. The minimum absolute atomic E-state index is 0.236. The highest BCUT2D eigenvalue weighted by molar-refractivity contribution is 9.11. The molecule has 23 heavy (non-hydrogen) atoms. The van der Waals surface area contributed by atoms with Crippen LogP contribution in [-0.4, -0.2) is 12.1 Å². The van der Waals surface area contributed by atoms with Crippen molar-refractivity contribution < 1.29 is 4.74 Å². The van der Waals surface area contributed by atoms with Gasteiger partial charge in [-0.2, -0.15) is 5.26 Å². The molecule has 0 aliphatic rings. The molecule has 0 amide bonds. The Morgan fingerprint density at radius 3 is 2.52 bits per heavy atom. The Morgan fingerprint density at radius 1 is 1.22 bits per heavy atom. The molecular weight excluding hydrogens is 374 g/mol. The quantitative estimate of drug-likeness (QED) is 0.708. The SMILES string of the molecule is COc1ccc(-c2cc(-c3ccc(Br)s3)c(C#N)c(N)n2)cc1. The maximum Gasteiger partial charge on any atom is 0.142 e. The normalized spacial score (nSPS) is 10.3.